The van der Waals surface area contributed by atoms with Gasteiger partial charge in [0.25, 0.3) is 0 Å². The Kier molecular flexibility index (Phi) is 6.50. The number of hydrogen-bond acceptors (Lipinski definition) is 0. The van der Waals surface area contributed by atoms with E-state index in [1.54, 1.807) is 5.57 Å². The highest BCUT2D eigenvalue weighted by Gasteiger charge is 2.40. The van der Waals surface area contributed by atoms with Crippen LogP contribution < -0.4 is 0 Å². The van der Waals surface area contributed by atoms with E-state index < -0.39 is 0 Å². The molecule has 0 nitrogen and oxygen atoms in total. The summed E-state index contributed by atoms with van der Waals surface area (Å²) >= 11 is 0. The van der Waals surface area contributed by atoms with Crippen molar-refractivity contribution >= 4 is 0 Å². The van der Waals surface area contributed by atoms with Gasteiger partial charge in [-0.15, -0.1) is 0 Å². The molecule has 3 rings (SSSR count). The molecule has 0 saturated heterocycles. The predicted molar refractivity (Wildman–Crippen MR) is 111 cm³/mol. The molecule has 3 fully saturated rings. The first-order valence-corrected chi connectivity index (χ1v) is 11.3. The lowest BCUT2D eigenvalue weighted by atomic mass is 9.59. The lowest BCUT2D eigenvalue weighted by Gasteiger charge is -2.46. The summed E-state index contributed by atoms with van der Waals surface area (Å²) in [6, 6.07) is 0. The number of hydrogen-bond donors (Lipinski definition) is 0. The molecule has 0 aromatic rings. The molecule has 3 aliphatic carbocycles. The first-order chi connectivity index (χ1) is 12.0. The minimum absolute atomic E-state index is 0.575. The van der Waals surface area contributed by atoms with Crippen LogP contribution >= 0.6 is 0 Å². The third-order valence-electron chi connectivity index (χ3n) is 8.33. The molecule has 0 bridgehead atoms. The second-order valence-electron chi connectivity index (χ2n) is 10.1. The van der Waals surface area contributed by atoms with Gasteiger partial charge < -0.3 is 0 Å². The summed E-state index contributed by atoms with van der Waals surface area (Å²) in [6.45, 7) is 16.3. The molecular formula is C25H42. The molecular weight excluding hydrogens is 300 g/mol. The fraction of sp³-hybridized carbons (Fsp3) is 0.840. The van der Waals surface area contributed by atoms with Gasteiger partial charge >= 0.3 is 0 Å². The van der Waals surface area contributed by atoms with Gasteiger partial charge in [-0.05, 0) is 74.5 Å². The molecule has 3 aliphatic rings. The van der Waals surface area contributed by atoms with Gasteiger partial charge in [0, 0.05) is 5.92 Å². The van der Waals surface area contributed by atoms with Crippen molar-refractivity contribution in [3.8, 4) is 0 Å². The van der Waals surface area contributed by atoms with Gasteiger partial charge in [0.1, 0.15) is 0 Å². The number of allylic oxidation sites excluding steroid dienone is 2. The highest BCUT2D eigenvalue weighted by Crippen LogP contribution is 2.50. The molecule has 0 aromatic carbocycles. The summed E-state index contributed by atoms with van der Waals surface area (Å²) in [6.07, 6.45) is 15.8. The average Bonchev–Trinajstić information content (AvgIpc) is 2.61. The average molecular weight is 343 g/mol. The Morgan fingerprint density at radius 3 is 2.24 bits per heavy atom. The third kappa shape index (κ3) is 4.42. The van der Waals surface area contributed by atoms with E-state index in [-0.39, 0.29) is 0 Å². The Morgan fingerprint density at radius 2 is 1.56 bits per heavy atom. The summed E-state index contributed by atoms with van der Waals surface area (Å²) < 4.78 is 0. The number of rotatable bonds is 5. The standard InChI is InChI=1S/C25H42/c1-17(2)24(20(5)21-13-10-18(3)11-14-21)16-25-19(4)12-15-22-8-6-7-9-23(22)25/h18-19,21-25H,1,5-16H2,2-4H3. The van der Waals surface area contributed by atoms with Crippen LogP contribution in [0.1, 0.15) is 91.4 Å². The van der Waals surface area contributed by atoms with Gasteiger partial charge in [0.2, 0.25) is 0 Å². The van der Waals surface area contributed by atoms with Crippen molar-refractivity contribution in [2.75, 3.05) is 0 Å². The maximum absolute atomic E-state index is 4.66. The van der Waals surface area contributed by atoms with Crippen LogP contribution in [0.4, 0.5) is 0 Å². The van der Waals surface area contributed by atoms with Crippen molar-refractivity contribution in [2.24, 2.45) is 41.4 Å². The molecule has 3 saturated carbocycles. The van der Waals surface area contributed by atoms with Crippen molar-refractivity contribution in [3.05, 3.63) is 24.3 Å². The maximum atomic E-state index is 4.66. The lowest BCUT2D eigenvalue weighted by molar-refractivity contribution is 0.0503. The van der Waals surface area contributed by atoms with Crippen molar-refractivity contribution in [2.45, 2.75) is 91.4 Å². The third-order valence-corrected chi connectivity index (χ3v) is 8.33. The van der Waals surface area contributed by atoms with Gasteiger partial charge in [0.15, 0.2) is 0 Å². The molecule has 0 amide bonds. The Labute approximate surface area is 157 Å². The highest BCUT2D eigenvalue weighted by molar-refractivity contribution is 5.19. The highest BCUT2D eigenvalue weighted by atomic mass is 14.5. The van der Waals surface area contributed by atoms with Crippen molar-refractivity contribution in [1.82, 2.24) is 0 Å². The predicted octanol–water partition coefficient (Wildman–Crippen LogP) is 7.80. The van der Waals surface area contributed by atoms with Crippen LogP contribution in [0, 0.1) is 41.4 Å². The zero-order chi connectivity index (χ0) is 18.0. The fourth-order valence-corrected chi connectivity index (χ4v) is 6.54. The first-order valence-electron chi connectivity index (χ1n) is 11.3. The summed E-state index contributed by atoms with van der Waals surface area (Å²) in [7, 11) is 0. The summed E-state index contributed by atoms with van der Waals surface area (Å²) in [4.78, 5) is 0. The molecule has 0 spiro atoms. The van der Waals surface area contributed by atoms with Crippen molar-refractivity contribution in [1.29, 1.82) is 0 Å². The van der Waals surface area contributed by atoms with Crippen LogP contribution in [0.15, 0.2) is 24.3 Å². The summed E-state index contributed by atoms with van der Waals surface area (Å²) in [5.74, 6) is 6.11. The van der Waals surface area contributed by atoms with Gasteiger partial charge in [-0.1, -0.05) is 76.7 Å². The fourth-order valence-electron chi connectivity index (χ4n) is 6.54. The zero-order valence-electron chi connectivity index (χ0n) is 17.2. The zero-order valence-corrected chi connectivity index (χ0v) is 17.2. The van der Waals surface area contributed by atoms with Gasteiger partial charge in [-0.3, -0.25) is 0 Å². The molecule has 5 atom stereocenters. The molecule has 0 radical (unpaired) electrons. The van der Waals surface area contributed by atoms with E-state index in [2.05, 4.69) is 33.9 Å². The van der Waals surface area contributed by atoms with E-state index >= 15 is 0 Å². The number of fused-ring (bicyclic) bond motifs is 1. The smallest absolute Gasteiger partial charge is 0.000439 e. The normalized spacial score (nSPS) is 40.1. The van der Waals surface area contributed by atoms with Gasteiger partial charge in [-0.2, -0.15) is 0 Å². The van der Waals surface area contributed by atoms with E-state index in [9.17, 15) is 0 Å². The Hall–Kier alpha value is -0.520. The second-order valence-corrected chi connectivity index (χ2v) is 10.1. The van der Waals surface area contributed by atoms with E-state index in [1.807, 2.05) is 0 Å². The van der Waals surface area contributed by atoms with E-state index in [4.69, 9.17) is 0 Å². The Balaban J connectivity index is 1.69. The second kappa shape index (κ2) is 8.45. The van der Waals surface area contributed by atoms with Crippen molar-refractivity contribution < 1.29 is 0 Å². The molecule has 0 aromatic heterocycles. The Morgan fingerprint density at radius 1 is 0.880 bits per heavy atom. The van der Waals surface area contributed by atoms with Crippen LogP contribution in [-0.2, 0) is 0 Å². The summed E-state index contributed by atoms with van der Waals surface area (Å²) in [5.41, 5.74) is 2.93. The minimum atomic E-state index is 0.575. The molecule has 5 unspecified atom stereocenters. The largest absolute Gasteiger partial charge is 0.0995 e. The van der Waals surface area contributed by atoms with Crippen LogP contribution in [0.5, 0.6) is 0 Å². The lowest BCUT2D eigenvalue weighted by Crippen LogP contribution is -2.37. The monoisotopic (exact) mass is 342 g/mol. The van der Waals surface area contributed by atoms with Gasteiger partial charge in [0.05, 0.1) is 0 Å². The molecule has 25 heavy (non-hydrogen) atoms. The van der Waals surface area contributed by atoms with Crippen LogP contribution in [0.2, 0.25) is 0 Å². The Bertz CT molecular complexity index is 464. The minimum Gasteiger partial charge on any atom is -0.0995 e. The van der Waals surface area contributed by atoms with Crippen LogP contribution in [0.3, 0.4) is 0 Å². The molecule has 0 N–H and O–H groups in total. The molecule has 142 valence electrons. The van der Waals surface area contributed by atoms with Crippen LogP contribution in [-0.4, -0.2) is 0 Å². The quantitative estimate of drug-likeness (QED) is 0.447. The molecule has 0 aliphatic heterocycles. The van der Waals surface area contributed by atoms with E-state index in [1.165, 1.54) is 76.2 Å². The van der Waals surface area contributed by atoms with Crippen molar-refractivity contribution in [3.63, 3.8) is 0 Å². The van der Waals surface area contributed by atoms with E-state index in [0.717, 1.165) is 35.5 Å². The summed E-state index contributed by atoms with van der Waals surface area (Å²) in [5, 5.41) is 0. The van der Waals surface area contributed by atoms with Crippen LogP contribution in [0.25, 0.3) is 0 Å². The topological polar surface area (TPSA) is 0 Å². The van der Waals surface area contributed by atoms with Gasteiger partial charge in [-0.25, -0.2) is 0 Å². The maximum Gasteiger partial charge on any atom is 0.000439 e. The van der Waals surface area contributed by atoms with E-state index in [0.29, 0.717) is 5.92 Å². The molecule has 0 heterocycles. The molecule has 0 heteroatoms. The SMILES string of the molecule is C=C(C)C(CC1C(C)CCC2CCCCC21)C(=C)C1CCC(C)CC1. The first kappa shape index (κ1) is 19.2.